The van der Waals surface area contributed by atoms with Gasteiger partial charge in [-0.15, -0.1) is 0 Å². The Balaban J connectivity index is 2.46. The predicted octanol–water partition coefficient (Wildman–Crippen LogP) is 0.667. The van der Waals surface area contributed by atoms with Gasteiger partial charge in [0.15, 0.2) is 0 Å². The van der Waals surface area contributed by atoms with Crippen LogP contribution in [0, 0.1) is 6.20 Å². The molecule has 0 aliphatic carbocycles. The van der Waals surface area contributed by atoms with Gasteiger partial charge < -0.3 is 0 Å². The third-order valence-corrected chi connectivity index (χ3v) is 1.30. The van der Waals surface area contributed by atoms with Gasteiger partial charge >= 0.3 is 0 Å². The highest BCUT2D eigenvalue weighted by molar-refractivity contribution is 5.54. The molecule has 0 fully saturated rings. The summed E-state index contributed by atoms with van der Waals surface area (Å²) in [7, 11) is 0. The Kier molecular flexibility index (Phi) is 1.37. The molecule has 2 rings (SSSR count). The Bertz CT molecular complexity index is 313. The van der Waals surface area contributed by atoms with E-state index >= 15 is 0 Å². The second-order valence-electron chi connectivity index (χ2n) is 2.02. The molecule has 0 aromatic carbocycles. The molecule has 53 valence electrons. The average Bonchev–Trinajstić information content (AvgIpc) is 2.58. The first-order valence-electron chi connectivity index (χ1n) is 3.16. The fourth-order valence-electron chi connectivity index (χ4n) is 0.798. The maximum Gasteiger partial charge on any atom is 0.122 e. The molecule has 0 amide bonds. The lowest BCUT2D eigenvalue weighted by atomic mass is 10.2. The van der Waals surface area contributed by atoms with E-state index in [-0.39, 0.29) is 0 Å². The number of hydrogen-bond donors (Lipinski definition) is 1. The number of nitrogens with zero attached hydrogens (tertiary/aromatic N) is 3. The van der Waals surface area contributed by atoms with Crippen LogP contribution in [0.1, 0.15) is 0 Å². The van der Waals surface area contributed by atoms with Crippen molar-refractivity contribution >= 4 is 0 Å². The van der Waals surface area contributed by atoms with Crippen molar-refractivity contribution in [2.75, 3.05) is 0 Å². The molecular weight excluding hydrogens is 140 g/mol. The number of aromatic amines is 1. The highest BCUT2D eigenvalue weighted by atomic mass is 15.1. The largest absolute Gasteiger partial charge is 0.284 e. The molecule has 0 atom stereocenters. The van der Waals surface area contributed by atoms with Crippen molar-refractivity contribution in [3.8, 4) is 11.3 Å². The van der Waals surface area contributed by atoms with E-state index in [4.69, 9.17) is 0 Å². The van der Waals surface area contributed by atoms with Crippen LogP contribution in [0.5, 0.6) is 0 Å². The van der Waals surface area contributed by atoms with Gasteiger partial charge in [-0.3, -0.25) is 5.10 Å². The number of nitrogens with one attached hydrogen (secondary N) is 1. The van der Waals surface area contributed by atoms with Crippen LogP contribution in [0.4, 0.5) is 0 Å². The third kappa shape index (κ3) is 1.10. The molecular formula is C7H5N4. The van der Waals surface area contributed by atoms with Gasteiger partial charge in [-0.2, -0.15) is 15.3 Å². The minimum absolute atomic E-state index is 0.779. The zero-order chi connectivity index (χ0) is 7.52. The van der Waals surface area contributed by atoms with Gasteiger partial charge in [-0.25, -0.2) is 0 Å². The molecule has 1 N–H and O–H groups in total. The molecule has 0 aliphatic heterocycles. The Morgan fingerprint density at radius 3 is 3.09 bits per heavy atom. The summed E-state index contributed by atoms with van der Waals surface area (Å²) in [5, 5.41) is 13.9. The first kappa shape index (κ1) is 6.03. The molecule has 1 radical (unpaired) electrons. The molecule has 0 bridgehead atoms. The Morgan fingerprint density at radius 2 is 2.45 bits per heavy atom. The molecule has 2 aromatic heterocycles. The fraction of sp³-hybridized carbons (Fsp3) is 0. The summed E-state index contributed by atoms with van der Waals surface area (Å²) in [5.74, 6) is 0. The van der Waals surface area contributed by atoms with Crippen LogP contribution in [0.15, 0.2) is 24.5 Å². The van der Waals surface area contributed by atoms with E-state index in [9.17, 15) is 0 Å². The van der Waals surface area contributed by atoms with Crippen molar-refractivity contribution < 1.29 is 0 Å². The summed E-state index contributed by atoms with van der Waals surface area (Å²) in [4.78, 5) is 0. The van der Waals surface area contributed by atoms with Crippen LogP contribution in [0.25, 0.3) is 11.3 Å². The molecule has 2 heterocycles. The van der Waals surface area contributed by atoms with Crippen molar-refractivity contribution in [2.45, 2.75) is 0 Å². The lowest BCUT2D eigenvalue weighted by Crippen LogP contribution is -1.82. The van der Waals surface area contributed by atoms with Crippen LogP contribution in [-0.4, -0.2) is 20.4 Å². The average molecular weight is 145 g/mol. The van der Waals surface area contributed by atoms with Crippen LogP contribution in [-0.2, 0) is 0 Å². The molecule has 11 heavy (non-hydrogen) atoms. The summed E-state index contributed by atoms with van der Waals surface area (Å²) in [5.41, 5.74) is 1.61. The van der Waals surface area contributed by atoms with Crippen molar-refractivity contribution in [1.29, 1.82) is 0 Å². The molecule has 4 nitrogen and oxygen atoms in total. The number of aromatic nitrogens is 4. The maximum absolute atomic E-state index is 3.88. The van der Waals surface area contributed by atoms with Gasteiger partial charge in [0.25, 0.3) is 0 Å². The Labute approximate surface area is 63.3 Å². The van der Waals surface area contributed by atoms with Crippen LogP contribution < -0.4 is 0 Å². The second-order valence-corrected chi connectivity index (χ2v) is 2.02. The van der Waals surface area contributed by atoms with Gasteiger partial charge in [0.2, 0.25) is 0 Å². The fourth-order valence-corrected chi connectivity index (χ4v) is 0.798. The van der Waals surface area contributed by atoms with E-state index < -0.39 is 0 Å². The van der Waals surface area contributed by atoms with Crippen LogP contribution in [0.3, 0.4) is 0 Å². The van der Waals surface area contributed by atoms with E-state index in [1.807, 2.05) is 12.1 Å². The SMILES string of the molecule is [c]1n[nH]cc1-c1cccnn1. The molecule has 0 saturated carbocycles. The topological polar surface area (TPSA) is 54.5 Å². The first-order valence-corrected chi connectivity index (χ1v) is 3.16. The van der Waals surface area contributed by atoms with E-state index in [1.54, 1.807) is 12.4 Å². The monoisotopic (exact) mass is 145 g/mol. The summed E-state index contributed by atoms with van der Waals surface area (Å²) < 4.78 is 0. The zero-order valence-electron chi connectivity index (χ0n) is 5.65. The summed E-state index contributed by atoms with van der Waals surface area (Å²) >= 11 is 0. The minimum atomic E-state index is 0.779. The lowest BCUT2D eigenvalue weighted by molar-refractivity contribution is 1.04. The van der Waals surface area contributed by atoms with E-state index in [1.165, 1.54) is 0 Å². The highest BCUT2D eigenvalue weighted by Crippen LogP contribution is 2.10. The summed E-state index contributed by atoms with van der Waals surface area (Å²) in [6, 6.07) is 3.68. The van der Waals surface area contributed by atoms with Gasteiger partial charge in [0.1, 0.15) is 6.20 Å². The summed E-state index contributed by atoms with van der Waals surface area (Å²) in [6.07, 6.45) is 6.10. The molecule has 0 aliphatic rings. The van der Waals surface area contributed by atoms with E-state index in [0.717, 1.165) is 11.3 Å². The smallest absolute Gasteiger partial charge is 0.122 e. The Morgan fingerprint density at radius 1 is 1.45 bits per heavy atom. The summed E-state index contributed by atoms with van der Waals surface area (Å²) in [6.45, 7) is 0. The van der Waals surface area contributed by atoms with Crippen LogP contribution >= 0.6 is 0 Å². The Hall–Kier alpha value is -1.71. The zero-order valence-corrected chi connectivity index (χ0v) is 5.65. The van der Waals surface area contributed by atoms with Crippen molar-refractivity contribution in [3.05, 3.63) is 30.7 Å². The third-order valence-electron chi connectivity index (χ3n) is 1.30. The predicted molar refractivity (Wildman–Crippen MR) is 38.4 cm³/mol. The standard InChI is InChI=1S/C7H5N4/c1-2-7(11-8-3-1)6-4-9-10-5-6/h1-4H,(H,9,10). The van der Waals surface area contributed by atoms with E-state index in [0.29, 0.717) is 0 Å². The maximum atomic E-state index is 3.88. The van der Waals surface area contributed by atoms with E-state index in [2.05, 4.69) is 26.6 Å². The minimum Gasteiger partial charge on any atom is -0.284 e. The van der Waals surface area contributed by atoms with Gasteiger partial charge in [0, 0.05) is 18.0 Å². The van der Waals surface area contributed by atoms with Crippen LogP contribution in [0.2, 0.25) is 0 Å². The lowest BCUT2D eigenvalue weighted by Gasteiger charge is -1.89. The number of rotatable bonds is 1. The van der Waals surface area contributed by atoms with Crippen molar-refractivity contribution in [2.24, 2.45) is 0 Å². The number of hydrogen-bond acceptors (Lipinski definition) is 3. The first-order chi connectivity index (χ1) is 5.47. The molecule has 0 saturated heterocycles. The molecule has 2 aromatic rings. The van der Waals surface area contributed by atoms with Crippen molar-refractivity contribution in [1.82, 2.24) is 20.4 Å². The van der Waals surface area contributed by atoms with Gasteiger partial charge in [-0.1, -0.05) is 0 Å². The van der Waals surface area contributed by atoms with Gasteiger partial charge in [-0.05, 0) is 12.1 Å². The molecule has 4 heteroatoms. The normalized spacial score (nSPS) is 9.82. The second kappa shape index (κ2) is 2.49. The van der Waals surface area contributed by atoms with Gasteiger partial charge in [0.05, 0.1) is 5.69 Å². The number of H-pyrrole nitrogens is 1. The highest BCUT2D eigenvalue weighted by Gasteiger charge is 1.98. The molecule has 0 spiro atoms. The quantitative estimate of drug-likeness (QED) is 0.641. The van der Waals surface area contributed by atoms with Crippen molar-refractivity contribution in [3.63, 3.8) is 0 Å². The molecule has 0 unspecified atom stereocenters.